The third-order valence-corrected chi connectivity index (χ3v) is 4.76. The monoisotopic (exact) mass is 411 g/mol. The van der Waals surface area contributed by atoms with Crippen molar-refractivity contribution in [2.75, 3.05) is 5.32 Å². The summed E-state index contributed by atoms with van der Waals surface area (Å²) in [5, 5.41) is 3.22. The van der Waals surface area contributed by atoms with Gasteiger partial charge < -0.3 is 15.0 Å². The summed E-state index contributed by atoms with van der Waals surface area (Å²) in [5.41, 5.74) is 3.71. The SMILES string of the molecule is CCC(OC(=O)c1ccc(-c2nc(C)c(C)[nH]2)cc1)C(=O)Nc1cccc(Cl)c1. The number of esters is 1. The molecule has 3 aromatic rings. The quantitative estimate of drug-likeness (QED) is 0.564. The number of amides is 1. The lowest BCUT2D eigenvalue weighted by atomic mass is 10.1. The predicted octanol–water partition coefficient (Wildman–Crippen LogP) is 4.92. The van der Waals surface area contributed by atoms with Gasteiger partial charge in [0, 0.05) is 22.0 Å². The molecule has 1 heterocycles. The molecule has 0 aliphatic rings. The highest BCUT2D eigenvalue weighted by atomic mass is 35.5. The molecule has 150 valence electrons. The van der Waals surface area contributed by atoms with Crippen LogP contribution < -0.4 is 5.32 Å². The van der Waals surface area contributed by atoms with E-state index in [1.807, 2.05) is 13.8 Å². The maximum absolute atomic E-state index is 12.5. The topological polar surface area (TPSA) is 84.1 Å². The molecule has 0 fully saturated rings. The Morgan fingerprint density at radius 3 is 2.48 bits per heavy atom. The molecule has 1 atom stereocenters. The summed E-state index contributed by atoms with van der Waals surface area (Å²) in [4.78, 5) is 32.6. The highest BCUT2D eigenvalue weighted by Gasteiger charge is 2.22. The molecule has 1 unspecified atom stereocenters. The van der Waals surface area contributed by atoms with Crippen molar-refractivity contribution in [3.63, 3.8) is 0 Å². The molecule has 2 aromatic carbocycles. The Labute approximate surface area is 174 Å². The Balaban J connectivity index is 1.66. The Hall–Kier alpha value is -3.12. The van der Waals surface area contributed by atoms with Gasteiger partial charge in [0.15, 0.2) is 6.10 Å². The molecular weight excluding hydrogens is 390 g/mol. The van der Waals surface area contributed by atoms with Crippen molar-refractivity contribution in [2.45, 2.75) is 33.3 Å². The Morgan fingerprint density at radius 1 is 1.17 bits per heavy atom. The largest absolute Gasteiger partial charge is 0.449 e. The molecule has 1 aromatic heterocycles. The summed E-state index contributed by atoms with van der Waals surface area (Å²) in [7, 11) is 0. The van der Waals surface area contributed by atoms with Gasteiger partial charge in [0.25, 0.3) is 5.91 Å². The first kappa shape index (κ1) is 20.6. The van der Waals surface area contributed by atoms with Crippen LogP contribution in [-0.4, -0.2) is 27.9 Å². The van der Waals surface area contributed by atoms with E-state index >= 15 is 0 Å². The van der Waals surface area contributed by atoms with Gasteiger partial charge >= 0.3 is 5.97 Å². The fourth-order valence-corrected chi connectivity index (χ4v) is 2.95. The Kier molecular flexibility index (Phi) is 6.34. The maximum atomic E-state index is 12.5. The van der Waals surface area contributed by atoms with E-state index in [0.717, 1.165) is 22.8 Å². The van der Waals surface area contributed by atoms with E-state index in [1.165, 1.54) is 0 Å². The molecule has 29 heavy (non-hydrogen) atoms. The summed E-state index contributed by atoms with van der Waals surface area (Å²) in [6.45, 7) is 5.66. The number of carbonyl (C=O) groups is 2. The molecule has 6 nitrogen and oxygen atoms in total. The first-order valence-electron chi connectivity index (χ1n) is 9.28. The predicted molar refractivity (Wildman–Crippen MR) is 113 cm³/mol. The zero-order chi connectivity index (χ0) is 21.0. The molecule has 0 saturated heterocycles. The molecule has 0 radical (unpaired) electrons. The van der Waals surface area contributed by atoms with Crippen LogP contribution in [-0.2, 0) is 9.53 Å². The number of nitrogens with one attached hydrogen (secondary N) is 2. The van der Waals surface area contributed by atoms with Crippen LogP contribution in [0.3, 0.4) is 0 Å². The molecule has 0 spiro atoms. The molecule has 2 N–H and O–H groups in total. The average Bonchev–Trinajstić information content (AvgIpc) is 3.04. The van der Waals surface area contributed by atoms with Gasteiger partial charge in [0.2, 0.25) is 0 Å². The smallest absolute Gasteiger partial charge is 0.338 e. The molecule has 1 amide bonds. The van der Waals surface area contributed by atoms with Crippen LogP contribution >= 0.6 is 11.6 Å². The van der Waals surface area contributed by atoms with E-state index in [0.29, 0.717) is 22.7 Å². The summed E-state index contributed by atoms with van der Waals surface area (Å²) >= 11 is 5.93. The van der Waals surface area contributed by atoms with Gasteiger partial charge in [0.05, 0.1) is 11.3 Å². The number of aryl methyl sites for hydroxylation is 2. The van der Waals surface area contributed by atoms with Gasteiger partial charge in [-0.15, -0.1) is 0 Å². The number of aromatic nitrogens is 2. The molecule has 0 bridgehead atoms. The standard InChI is InChI=1S/C22H22ClN3O3/c1-4-19(21(27)26-18-7-5-6-17(23)12-18)29-22(28)16-10-8-15(9-11-16)20-24-13(2)14(3)25-20/h5-12,19H,4H2,1-3H3,(H,24,25)(H,26,27). The minimum atomic E-state index is -0.906. The van der Waals surface area contributed by atoms with Crippen molar-refractivity contribution in [2.24, 2.45) is 0 Å². The maximum Gasteiger partial charge on any atom is 0.338 e. The number of nitrogens with zero attached hydrogens (tertiary/aromatic N) is 1. The number of hydrogen-bond acceptors (Lipinski definition) is 4. The van der Waals surface area contributed by atoms with Gasteiger partial charge in [-0.25, -0.2) is 9.78 Å². The fourth-order valence-electron chi connectivity index (χ4n) is 2.76. The van der Waals surface area contributed by atoms with Crippen molar-refractivity contribution < 1.29 is 14.3 Å². The van der Waals surface area contributed by atoms with E-state index < -0.39 is 18.0 Å². The van der Waals surface area contributed by atoms with Crippen molar-refractivity contribution >= 4 is 29.2 Å². The van der Waals surface area contributed by atoms with Gasteiger partial charge in [-0.2, -0.15) is 0 Å². The normalized spacial score (nSPS) is 11.7. The number of aromatic amines is 1. The first-order valence-corrected chi connectivity index (χ1v) is 9.66. The molecule has 7 heteroatoms. The number of imidazole rings is 1. The lowest BCUT2D eigenvalue weighted by Crippen LogP contribution is -2.32. The van der Waals surface area contributed by atoms with Crippen LogP contribution in [0, 0.1) is 13.8 Å². The highest BCUT2D eigenvalue weighted by molar-refractivity contribution is 6.30. The molecule has 0 aliphatic heterocycles. The molecule has 0 aliphatic carbocycles. The summed E-state index contributed by atoms with van der Waals surface area (Å²) in [5.74, 6) is -0.218. The second kappa shape index (κ2) is 8.92. The molecule has 3 rings (SSSR count). The second-order valence-electron chi connectivity index (χ2n) is 6.67. The summed E-state index contributed by atoms with van der Waals surface area (Å²) in [6.07, 6.45) is -0.558. The van der Waals surface area contributed by atoms with Gasteiger partial charge in [0.1, 0.15) is 5.82 Å². The Bertz CT molecular complexity index is 1010. The van der Waals surface area contributed by atoms with Crippen molar-refractivity contribution in [1.29, 1.82) is 0 Å². The van der Waals surface area contributed by atoms with Crippen LogP contribution in [0.4, 0.5) is 5.69 Å². The van der Waals surface area contributed by atoms with E-state index in [9.17, 15) is 9.59 Å². The van der Waals surface area contributed by atoms with Crippen molar-refractivity contribution in [3.8, 4) is 11.4 Å². The van der Waals surface area contributed by atoms with Gasteiger partial charge in [-0.05, 0) is 50.6 Å². The third kappa shape index (κ3) is 5.03. The van der Waals surface area contributed by atoms with E-state index in [2.05, 4.69) is 15.3 Å². The number of rotatable bonds is 6. The third-order valence-electron chi connectivity index (χ3n) is 4.53. The van der Waals surface area contributed by atoms with E-state index in [4.69, 9.17) is 16.3 Å². The van der Waals surface area contributed by atoms with Crippen LogP contribution in [0.15, 0.2) is 48.5 Å². The van der Waals surface area contributed by atoms with Gasteiger partial charge in [-0.3, -0.25) is 4.79 Å². The number of carbonyl (C=O) groups excluding carboxylic acids is 2. The fraction of sp³-hybridized carbons (Fsp3) is 0.227. The summed E-state index contributed by atoms with van der Waals surface area (Å²) in [6, 6.07) is 13.7. The van der Waals surface area contributed by atoms with E-state index in [1.54, 1.807) is 55.5 Å². The first-order chi connectivity index (χ1) is 13.9. The van der Waals surface area contributed by atoms with Crippen LogP contribution in [0.1, 0.15) is 35.1 Å². The van der Waals surface area contributed by atoms with Crippen LogP contribution in [0.5, 0.6) is 0 Å². The zero-order valence-electron chi connectivity index (χ0n) is 16.5. The number of ether oxygens (including phenoxy) is 1. The van der Waals surface area contributed by atoms with Crippen molar-refractivity contribution in [1.82, 2.24) is 9.97 Å². The zero-order valence-corrected chi connectivity index (χ0v) is 17.2. The Morgan fingerprint density at radius 2 is 1.90 bits per heavy atom. The molecular formula is C22H22ClN3O3. The van der Waals surface area contributed by atoms with Gasteiger partial charge in [-0.1, -0.05) is 36.7 Å². The second-order valence-corrected chi connectivity index (χ2v) is 7.11. The highest BCUT2D eigenvalue weighted by Crippen LogP contribution is 2.20. The number of anilines is 1. The molecule has 0 saturated carbocycles. The number of H-pyrrole nitrogens is 1. The van der Waals surface area contributed by atoms with Crippen molar-refractivity contribution in [3.05, 3.63) is 70.5 Å². The van der Waals surface area contributed by atoms with Crippen LogP contribution in [0.25, 0.3) is 11.4 Å². The lowest BCUT2D eigenvalue weighted by molar-refractivity contribution is -0.124. The minimum absolute atomic E-state index is 0.348. The minimum Gasteiger partial charge on any atom is -0.449 e. The van der Waals surface area contributed by atoms with Crippen LogP contribution in [0.2, 0.25) is 5.02 Å². The number of halogens is 1. The lowest BCUT2D eigenvalue weighted by Gasteiger charge is -2.16. The van der Waals surface area contributed by atoms with E-state index in [-0.39, 0.29) is 0 Å². The average molecular weight is 412 g/mol. The number of hydrogen-bond donors (Lipinski definition) is 2. The number of benzene rings is 2. The summed E-state index contributed by atoms with van der Waals surface area (Å²) < 4.78 is 5.41.